The highest BCUT2D eigenvalue weighted by Gasteiger charge is 2.34. The molecule has 1 saturated heterocycles. The van der Waals surface area contributed by atoms with Gasteiger partial charge in [0.15, 0.2) is 4.60 Å². The summed E-state index contributed by atoms with van der Waals surface area (Å²) in [7, 11) is -1.98. The Bertz CT molecular complexity index is 526. The topological polar surface area (TPSA) is 68.1 Å². The first-order valence-corrected chi connectivity index (χ1v) is 8.85. The van der Waals surface area contributed by atoms with E-state index in [4.69, 9.17) is 11.6 Å². The van der Waals surface area contributed by atoms with Crippen molar-refractivity contribution >= 4 is 37.6 Å². The van der Waals surface area contributed by atoms with E-state index < -0.39 is 10.0 Å². The Labute approximate surface area is 126 Å². The molecule has 0 aliphatic carbocycles. The van der Waals surface area contributed by atoms with Gasteiger partial charge in [-0.2, -0.15) is 4.31 Å². The molecule has 1 aromatic rings. The van der Waals surface area contributed by atoms with E-state index in [-0.39, 0.29) is 9.63 Å². The van der Waals surface area contributed by atoms with Gasteiger partial charge in [0.2, 0.25) is 5.03 Å². The number of halogens is 2. The Hall–Kier alpha value is -0.180. The van der Waals surface area contributed by atoms with Crippen molar-refractivity contribution in [1.82, 2.24) is 19.3 Å². The predicted octanol–water partition coefficient (Wildman–Crippen LogP) is 1.61. The Morgan fingerprint density at radius 1 is 1.53 bits per heavy atom. The number of rotatable bonds is 4. The quantitative estimate of drug-likeness (QED) is 0.754. The summed E-state index contributed by atoms with van der Waals surface area (Å²) in [5.74, 6) is 0.899. The fourth-order valence-electron chi connectivity index (χ4n) is 2.35. The van der Waals surface area contributed by atoms with Gasteiger partial charge in [-0.3, -0.25) is 0 Å². The van der Waals surface area contributed by atoms with Crippen molar-refractivity contribution in [2.45, 2.75) is 24.3 Å². The maximum atomic E-state index is 12.6. The summed E-state index contributed by atoms with van der Waals surface area (Å²) < 4.78 is 28.3. The van der Waals surface area contributed by atoms with Gasteiger partial charge in [-0.15, -0.1) is 16.7 Å². The van der Waals surface area contributed by atoms with Gasteiger partial charge in [-0.25, -0.2) is 13.1 Å². The van der Waals surface area contributed by atoms with Crippen molar-refractivity contribution < 1.29 is 8.42 Å². The first-order valence-electron chi connectivity index (χ1n) is 6.08. The molecule has 2 rings (SSSR count). The zero-order valence-electron chi connectivity index (χ0n) is 10.6. The van der Waals surface area contributed by atoms with Crippen LogP contribution in [0.3, 0.4) is 0 Å². The Morgan fingerprint density at radius 3 is 2.84 bits per heavy atom. The highest BCUT2D eigenvalue weighted by atomic mass is 79.9. The second-order valence-electron chi connectivity index (χ2n) is 4.66. The highest BCUT2D eigenvalue weighted by molar-refractivity contribution is 9.10. The van der Waals surface area contributed by atoms with E-state index in [1.807, 2.05) is 0 Å². The predicted molar refractivity (Wildman–Crippen MR) is 75.5 cm³/mol. The van der Waals surface area contributed by atoms with E-state index in [2.05, 4.69) is 26.2 Å². The van der Waals surface area contributed by atoms with Crippen LogP contribution in [0.4, 0.5) is 0 Å². The zero-order chi connectivity index (χ0) is 14.0. The van der Waals surface area contributed by atoms with E-state index in [0.29, 0.717) is 24.9 Å². The van der Waals surface area contributed by atoms with Crippen LogP contribution < -0.4 is 0 Å². The van der Waals surface area contributed by atoms with E-state index in [1.54, 1.807) is 7.05 Å². The Balaban J connectivity index is 2.25. The summed E-state index contributed by atoms with van der Waals surface area (Å²) >= 11 is 8.89. The number of aryl methyl sites for hydroxylation is 1. The summed E-state index contributed by atoms with van der Waals surface area (Å²) in [4.78, 5) is 0. The SMILES string of the molecule is Cn1nnc(Br)c1S(=O)(=O)N1CCCC(CCCl)C1. The molecule has 0 bridgehead atoms. The lowest BCUT2D eigenvalue weighted by Crippen LogP contribution is -2.40. The van der Waals surface area contributed by atoms with Crippen molar-refractivity contribution in [3.05, 3.63) is 4.60 Å². The summed E-state index contributed by atoms with van der Waals surface area (Å²) in [6.07, 6.45) is 2.74. The second-order valence-corrected chi connectivity index (χ2v) is 7.64. The average Bonchev–Trinajstić information content (AvgIpc) is 2.70. The number of alkyl halides is 1. The minimum absolute atomic E-state index is 0.110. The lowest BCUT2D eigenvalue weighted by molar-refractivity contribution is 0.261. The van der Waals surface area contributed by atoms with Crippen LogP contribution in [0.25, 0.3) is 0 Å². The van der Waals surface area contributed by atoms with Gasteiger partial charge in [0, 0.05) is 26.0 Å². The molecule has 0 N–H and O–H groups in total. The van der Waals surface area contributed by atoms with E-state index in [0.717, 1.165) is 19.3 Å². The molecule has 0 aromatic carbocycles. The van der Waals surface area contributed by atoms with Crippen molar-refractivity contribution in [2.75, 3.05) is 19.0 Å². The normalized spacial score (nSPS) is 21.7. The van der Waals surface area contributed by atoms with Gasteiger partial charge in [0.1, 0.15) is 0 Å². The van der Waals surface area contributed by atoms with Gasteiger partial charge in [0.05, 0.1) is 0 Å². The van der Waals surface area contributed by atoms with Crippen LogP contribution in [0.2, 0.25) is 0 Å². The first-order chi connectivity index (χ1) is 8.96. The fraction of sp³-hybridized carbons (Fsp3) is 0.800. The fourth-order valence-corrected chi connectivity index (χ4v) is 5.25. The lowest BCUT2D eigenvalue weighted by atomic mass is 9.97. The molecular formula is C10H16BrClN4O2S. The third-order valence-corrected chi connectivity index (χ3v) is 6.29. The maximum Gasteiger partial charge on any atom is 0.263 e. The molecule has 1 aromatic heterocycles. The van der Waals surface area contributed by atoms with Crippen LogP contribution in [-0.4, -0.2) is 46.7 Å². The number of aromatic nitrogens is 3. The molecule has 1 unspecified atom stereocenters. The molecular weight excluding hydrogens is 356 g/mol. The average molecular weight is 372 g/mol. The zero-order valence-corrected chi connectivity index (χ0v) is 13.7. The lowest BCUT2D eigenvalue weighted by Gasteiger charge is -2.31. The molecule has 0 amide bonds. The molecule has 0 spiro atoms. The van der Waals surface area contributed by atoms with Crippen molar-refractivity contribution in [2.24, 2.45) is 13.0 Å². The van der Waals surface area contributed by atoms with Crippen LogP contribution in [0.1, 0.15) is 19.3 Å². The molecule has 1 aliphatic rings. The minimum atomic E-state index is -3.55. The van der Waals surface area contributed by atoms with Crippen LogP contribution in [0, 0.1) is 5.92 Å². The third-order valence-electron chi connectivity index (χ3n) is 3.32. The molecule has 6 nitrogen and oxygen atoms in total. The molecule has 1 fully saturated rings. The number of hydrogen-bond donors (Lipinski definition) is 0. The molecule has 2 heterocycles. The molecule has 9 heteroatoms. The van der Waals surface area contributed by atoms with E-state index in [9.17, 15) is 8.42 Å². The van der Waals surface area contributed by atoms with Gasteiger partial charge in [-0.1, -0.05) is 5.21 Å². The number of nitrogens with zero attached hydrogens (tertiary/aromatic N) is 4. The third kappa shape index (κ3) is 3.12. The van der Waals surface area contributed by atoms with Gasteiger partial charge in [-0.05, 0) is 41.1 Å². The van der Waals surface area contributed by atoms with E-state index >= 15 is 0 Å². The first kappa shape index (κ1) is 15.2. The van der Waals surface area contributed by atoms with Crippen LogP contribution >= 0.6 is 27.5 Å². The minimum Gasteiger partial charge on any atom is -0.235 e. The Morgan fingerprint density at radius 2 is 2.26 bits per heavy atom. The summed E-state index contributed by atoms with van der Waals surface area (Å²) in [5.41, 5.74) is 0. The van der Waals surface area contributed by atoms with Crippen LogP contribution in [0.15, 0.2) is 9.63 Å². The monoisotopic (exact) mass is 370 g/mol. The molecule has 19 heavy (non-hydrogen) atoms. The smallest absolute Gasteiger partial charge is 0.235 e. The number of hydrogen-bond acceptors (Lipinski definition) is 4. The summed E-state index contributed by atoms with van der Waals surface area (Å²) in [6, 6.07) is 0. The summed E-state index contributed by atoms with van der Waals surface area (Å²) in [6.45, 7) is 1.06. The maximum absolute atomic E-state index is 12.6. The van der Waals surface area contributed by atoms with Crippen LogP contribution in [0.5, 0.6) is 0 Å². The molecule has 0 radical (unpaired) electrons. The Kier molecular flexibility index (Phi) is 4.86. The molecule has 1 aliphatic heterocycles. The van der Waals surface area contributed by atoms with E-state index in [1.165, 1.54) is 8.99 Å². The van der Waals surface area contributed by atoms with Gasteiger partial charge < -0.3 is 0 Å². The second kappa shape index (κ2) is 6.07. The standard InChI is InChI=1S/C10H16BrClN4O2S/c1-15-10(9(11)13-14-15)19(17,18)16-6-2-3-8(7-16)4-5-12/h8H,2-7H2,1H3. The number of piperidine rings is 1. The van der Waals surface area contributed by atoms with Crippen molar-refractivity contribution in [3.8, 4) is 0 Å². The number of sulfonamides is 1. The van der Waals surface area contributed by atoms with Gasteiger partial charge in [0.25, 0.3) is 10.0 Å². The summed E-state index contributed by atoms with van der Waals surface area (Å²) in [5, 5.41) is 7.57. The van der Waals surface area contributed by atoms with Crippen molar-refractivity contribution in [3.63, 3.8) is 0 Å². The van der Waals surface area contributed by atoms with Gasteiger partial charge >= 0.3 is 0 Å². The molecule has 0 saturated carbocycles. The largest absolute Gasteiger partial charge is 0.263 e. The van der Waals surface area contributed by atoms with Crippen LogP contribution in [-0.2, 0) is 17.1 Å². The van der Waals surface area contributed by atoms with Crippen molar-refractivity contribution in [1.29, 1.82) is 0 Å². The molecule has 1 atom stereocenters. The molecule has 108 valence electrons. The highest BCUT2D eigenvalue weighted by Crippen LogP contribution is 2.28.